The van der Waals surface area contributed by atoms with Gasteiger partial charge in [0.2, 0.25) is 0 Å². The molecule has 0 saturated carbocycles. The van der Waals surface area contributed by atoms with Crippen molar-refractivity contribution in [1.82, 2.24) is 4.98 Å². The summed E-state index contributed by atoms with van der Waals surface area (Å²) < 4.78 is 26.3. The van der Waals surface area contributed by atoms with Crippen LogP contribution < -0.4 is 5.73 Å². The highest BCUT2D eigenvalue weighted by molar-refractivity contribution is 9.10. The first kappa shape index (κ1) is 11.5. The Hall–Kier alpha value is -0.590. The fourth-order valence-electron chi connectivity index (χ4n) is 0.953. The van der Waals surface area contributed by atoms with Crippen LogP contribution in [0.4, 0.5) is 8.78 Å². The highest BCUT2D eigenvalue weighted by Gasteiger charge is 2.37. The third-order valence-electron chi connectivity index (χ3n) is 1.78. The van der Waals surface area contributed by atoms with Crippen LogP contribution in [0.15, 0.2) is 22.9 Å². The molecule has 3 nitrogen and oxygen atoms in total. The number of hydrogen-bond donors (Lipinski definition) is 2. The molecule has 0 unspecified atom stereocenters. The lowest BCUT2D eigenvalue weighted by molar-refractivity contribution is -0.0712. The number of nitrogens with zero attached hydrogens (tertiary/aromatic N) is 1. The maximum Gasteiger partial charge on any atom is 0.289 e. The standard InChI is InChI=1S/C8H9BrF2N2O/c9-6-3-5(1-2-13-6)7(12)8(10,11)4-14/h1-3,7,14H,4,12H2/t7-/m0/s1. The summed E-state index contributed by atoms with van der Waals surface area (Å²) in [6.45, 7) is -1.27. The van der Waals surface area contributed by atoms with Crippen molar-refractivity contribution in [2.45, 2.75) is 12.0 Å². The Morgan fingerprint density at radius 2 is 2.29 bits per heavy atom. The first-order valence-electron chi connectivity index (χ1n) is 3.83. The summed E-state index contributed by atoms with van der Waals surface area (Å²) >= 11 is 3.05. The number of halogens is 3. The molecule has 14 heavy (non-hydrogen) atoms. The van der Waals surface area contributed by atoms with Gasteiger partial charge in [0.1, 0.15) is 11.2 Å². The number of nitrogens with two attached hydrogens (primary N) is 1. The minimum Gasteiger partial charge on any atom is -0.390 e. The molecule has 0 bridgehead atoms. The zero-order valence-corrected chi connectivity index (χ0v) is 8.71. The minimum absolute atomic E-state index is 0.228. The molecule has 3 N–H and O–H groups in total. The second kappa shape index (κ2) is 4.29. The Labute approximate surface area is 88.1 Å². The van der Waals surface area contributed by atoms with Crippen LogP contribution in [0.5, 0.6) is 0 Å². The van der Waals surface area contributed by atoms with Crippen molar-refractivity contribution < 1.29 is 13.9 Å². The average molecular weight is 267 g/mol. The van der Waals surface area contributed by atoms with Crippen LogP contribution >= 0.6 is 15.9 Å². The third-order valence-corrected chi connectivity index (χ3v) is 2.21. The summed E-state index contributed by atoms with van der Waals surface area (Å²) in [6, 6.07) is 1.26. The van der Waals surface area contributed by atoms with Gasteiger partial charge >= 0.3 is 0 Å². The van der Waals surface area contributed by atoms with E-state index in [1.807, 2.05) is 0 Å². The molecule has 0 saturated heterocycles. The molecule has 0 aliphatic rings. The lowest BCUT2D eigenvalue weighted by atomic mass is 10.0. The third kappa shape index (κ3) is 2.46. The average Bonchev–Trinajstić information content (AvgIpc) is 2.16. The maximum atomic E-state index is 13.0. The summed E-state index contributed by atoms with van der Waals surface area (Å²) in [5, 5.41) is 8.44. The molecule has 6 heteroatoms. The molecule has 0 aromatic carbocycles. The van der Waals surface area contributed by atoms with Crippen molar-refractivity contribution >= 4 is 15.9 Å². The van der Waals surface area contributed by atoms with Crippen molar-refractivity contribution in [3.63, 3.8) is 0 Å². The number of aromatic nitrogens is 1. The Kier molecular flexibility index (Phi) is 3.52. The van der Waals surface area contributed by atoms with Crippen LogP contribution in [0.3, 0.4) is 0 Å². The Morgan fingerprint density at radius 3 is 2.79 bits per heavy atom. The summed E-state index contributed by atoms with van der Waals surface area (Å²) in [7, 11) is 0. The molecule has 0 aliphatic heterocycles. The molecule has 1 atom stereocenters. The van der Waals surface area contributed by atoms with E-state index in [9.17, 15) is 8.78 Å². The molecule has 0 spiro atoms. The normalized spacial score (nSPS) is 14.1. The Bertz CT molecular complexity index is 322. The minimum atomic E-state index is -3.32. The van der Waals surface area contributed by atoms with Crippen LogP contribution in [-0.4, -0.2) is 22.6 Å². The fraction of sp³-hybridized carbons (Fsp3) is 0.375. The van der Waals surface area contributed by atoms with Crippen molar-refractivity contribution in [3.8, 4) is 0 Å². The van der Waals surface area contributed by atoms with Gasteiger partial charge in [0.25, 0.3) is 5.92 Å². The van der Waals surface area contributed by atoms with E-state index in [0.29, 0.717) is 4.60 Å². The van der Waals surface area contributed by atoms with E-state index < -0.39 is 18.6 Å². The molecular weight excluding hydrogens is 258 g/mol. The van der Waals surface area contributed by atoms with E-state index >= 15 is 0 Å². The van der Waals surface area contributed by atoms with E-state index in [1.54, 1.807) is 0 Å². The molecule has 0 amide bonds. The number of rotatable bonds is 3. The smallest absolute Gasteiger partial charge is 0.289 e. The van der Waals surface area contributed by atoms with Crippen LogP contribution in [0.1, 0.15) is 11.6 Å². The summed E-state index contributed by atoms with van der Waals surface area (Å²) in [4.78, 5) is 3.78. The number of alkyl halides is 2. The van der Waals surface area contributed by atoms with E-state index in [-0.39, 0.29) is 5.56 Å². The van der Waals surface area contributed by atoms with Gasteiger partial charge in [-0.1, -0.05) is 0 Å². The molecular formula is C8H9BrF2N2O. The maximum absolute atomic E-state index is 13.0. The molecule has 1 aromatic heterocycles. The van der Waals surface area contributed by atoms with E-state index in [4.69, 9.17) is 10.8 Å². The fourth-order valence-corrected chi connectivity index (χ4v) is 1.34. The predicted octanol–water partition coefficient (Wildman–Crippen LogP) is 1.47. The van der Waals surface area contributed by atoms with Crippen LogP contribution in [-0.2, 0) is 0 Å². The van der Waals surface area contributed by atoms with E-state index in [2.05, 4.69) is 20.9 Å². The van der Waals surface area contributed by atoms with Gasteiger partial charge in [-0.15, -0.1) is 0 Å². The predicted molar refractivity (Wildman–Crippen MR) is 50.9 cm³/mol. The Balaban J connectivity index is 2.94. The molecule has 0 radical (unpaired) electrons. The SMILES string of the molecule is N[C@@H](c1ccnc(Br)c1)C(F)(F)CO. The van der Waals surface area contributed by atoms with Gasteiger partial charge in [-0.05, 0) is 33.6 Å². The Morgan fingerprint density at radius 1 is 1.64 bits per heavy atom. The highest BCUT2D eigenvalue weighted by atomic mass is 79.9. The molecule has 0 fully saturated rings. The number of aliphatic hydroxyl groups excluding tert-OH is 1. The zero-order chi connectivity index (χ0) is 10.8. The van der Waals surface area contributed by atoms with Gasteiger partial charge < -0.3 is 10.8 Å². The lowest BCUT2D eigenvalue weighted by Gasteiger charge is -2.21. The number of aliphatic hydroxyl groups is 1. The molecule has 0 aliphatic carbocycles. The monoisotopic (exact) mass is 266 g/mol. The molecule has 1 aromatic rings. The van der Waals surface area contributed by atoms with E-state index in [1.165, 1.54) is 18.3 Å². The van der Waals surface area contributed by atoms with Crippen molar-refractivity contribution in [1.29, 1.82) is 0 Å². The van der Waals surface area contributed by atoms with Gasteiger partial charge in [0.15, 0.2) is 0 Å². The topological polar surface area (TPSA) is 59.1 Å². The van der Waals surface area contributed by atoms with Gasteiger partial charge in [-0.25, -0.2) is 13.8 Å². The van der Waals surface area contributed by atoms with Gasteiger partial charge in [0, 0.05) is 6.20 Å². The summed E-state index contributed by atoms with van der Waals surface area (Å²) in [6.07, 6.45) is 1.37. The molecule has 1 heterocycles. The quantitative estimate of drug-likeness (QED) is 0.815. The summed E-state index contributed by atoms with van der Waals surface area (Å²) in [5.41, 5.74) is 5.52. The van der Waals surface area contributed by atoms with Crippen LogP contribution in [0.25, 0.3) is 0 Å². The first-order valence-corrected chi connectivity index (χ1v) is 4.62. The zero-order valence-electron chi connectivity index (χ0n) is 7.12. The second-order valence-electron chi connectivity index (χ2n) is 2.81. The number of pyridine rings is 1. The van der Waals surface area contributed by atoms with Crippen LogP contribution in [0.2, 0.25) is 0 Å². The van der Waals surface area contributed by atoms with Gasteiger partial charge in [0.05, 0.1) is 6.04 Å². The molecule has 78 valence electrons. The largest absolute Gasteiger partial charge is 0.390 e. The molecule has 1 rings (SSSR count). The van der Waals surface area contributed by atoms with Gasteiger partial charge in [-0.3, -0.25) is 0 Å². The van der Waals surface area contributed by atoms with E-state index in [0.717, 1.165) is 0 Å². The highest BCUT2D eigenvalue weighted by Crippen LogP contribution is 2.29. The second-order valence-corrected chi connectivity index (χ2v) is 3.62. The van der Waals surface area contributed by atoms with Crippen molar-refractivity contribution in [2.75, 3.05) is 6.61 Å². The van der Waals surface area contributed by atoms with Crippen LogP contribution in [0, 0.1) is 0 Å². The first-order chi connectivity index (χ1) is 6.47. The van der Waals surface area contributed by atoms with Crippen molar-refractivity contribution in [3.05, 3.63) is 28.5 Å². The van der Waals surface area contributed by atoms with Crippen molar-refractivity contribution in [2.24, 2.45) is 5.73 Å². The number of hydrogen-bond acceptors (Lipinski definition) is 3. The van der Waals surface area contributed by atoms with Gasteiger partial charge in [-0.2, -0.15) is 0 Å². The summed E-state index contributed by atoms with van der Waals surface area (Å²) in [5.74, 6) is -3.32. The lowest BCUT2D eigenvalue weighted by Crippen LogP contribution is -2.36.